The number of nitrogens with one attached hydrogen (secondary N) is 1. The van der Waals surface area contributed by atoms with Crippen LogP contribution in [0.15, 0.2) is 83.9 Å². The molecule has 5 rings (SSSR count). The molecular weight excluding hydrogens is 570 g/mol. The van der Waals surface area contributed by atoms with E-state index in [0.717, 1.165) is 23.1 Å². The Balaban J connectivity index is 1.39. The molecule has 0 radical (unpaired) electrons. The van der Waals surface area contributed by atoms with Gasteiger partial charge in [-0.25, -0.2) is 22.2 Å². The van der Waals surface area contributed by atoms with E-state index in [0.29, 0.717) is 5.69 Å². The van der Waals surface area contributed by atoms with E-state index in [4.69, 9.17) is 16.2 Å². The first-order chi connectivity index (χ1) is 20.0. The summed E-state index contributed by atoms with van der Waals surface area (Å²) in [5.74, 6) is -3.62. The smallest absolute Gasteiger partial charge is 0.247 e. The number of halogens is 2. The van der Waals surface area contributed by atoms with Gasteiger partial charge >= 0.3 is 0 Å². The Morgan fingerprint density at radius 1 is 1.00 bits per heavy atom. The number of aromatic nitrogens is 2. The molecule has 1 saturated carbocycles. The van der Waals surface area contributed by atoms with Gasteiger partial charge in [0.25, 0.3) is 0 Å². The minimum Gasteiger partial charge on any atom is -0.436 e. The minimum absolute atomic E-state index is 0.0150. The average Bonchev–Trinajstić information content (AvgIpc) is 3.79. The molecule has 1 fully saturated rings. The number of hydrogen-bond donors (Lipinski definition) is 3. The van der Waals surface area contributed by atoms with Crippen molar-refractivity contribution in [2.24, 2.45) is 16.9 Å². The van der Waals surface area contributed by atoms with Crippen molar-refractivity contribution in [1.82, 2.24) is 9.97 Å². The maximum Gasteiger partial charge on any atom is 0.247 e. The lowest BCUT2D eigenvalue weighted by molar-refractivity contribution is -0.133. The second kappa shape index (κ2) is 11.1. The number of rotatable bonds is 10. The molecule has 5 N–H and O–H groups in total. The fourth-order valence-corrected chi connectivity index (χ4v) is 4.94. The lowest BCUT2D eigenvalue weighted by Crippen LogP contribution is -2.41. The molecule has 0 saturated heterocycles. The van der Waals surface area contributed by atoms with Gasteiger partial charge in [-0.05, 0) is 67.4 Å². The number of hydrogen-bond acceptors (Lipinski definition) is 9. The van der Waals surface area contributed by atoms with E-state index >= 15 is 4.39 Å². The zero-order chi connectivity index (χ0) is 30.1. The van der Waals surface area contributed by atoms with Crippen molar-refractivity contribution in [2.45, 2.75) is 17.7 Å². The number of carbonyl (C=O) groups is 2. The lowest BCUT2D eigenvalue weighted by atomic mass is 10.0. The Bertz CT molecular complexity index is 1780. The molecule has 11 nitrogen and oxygen atoms in total. The van der Waals surface area contributed by atoms with E-state index < -0.39 is 44.6 Å². The van der Waals surface area contributed by atoms with Gasteiger partial charge in [-0.3, -0.25) is 14.5 Å². The first-order valence-electron chi connectivity index (χ1n) is 12.5. The van der Waals surface area contributed by atoms with Crippen LogP contribution in [0.25, 0.3) is 0 Å². The predicted molar refractivity (Wildman–Crippen MR) is 149 cm³/mol. The molecule has 1 heterocycles. The molecule has 1 aliphatic carbocycles. The zero-order valence-corrected chi connectivity index (χ0v) is 22.6. The number of amides is 2. The topological polar surface area (TPSA) is 171 Å². The average molecular weight is 595 g/mol. The molecule has 3 aromatic carbocycles. The molecular formula is C28H24F2N6O5S. The van der Waals surface area contributed by atoms with Crippen molar-refractivity contribution in [1.29, 1.82) is 0 Å². The van der Waals surface area contributed by atoms with Crippen LogP contribution >= 0.6 is 0 Å². The summed E-state index contributed by atoms with van der Waals surface area (Å²) in [6.07, 6.45) is 1.85. The number of nitrogens with two attached hydrogens (primary N) is 2. The molecule has 4 aromatic rings. The molecule has 1 aliphatic rings. The molecule has 0 bridgehead atoms. The van der Waals surface area contributed by atoms with Crippen LogP contribution in [0.3, 0.4) is 0 Å². The number of sulfone groups is 1. The summed E-state index contributed by atoms with van der Waals surface area (Å²) in [6.45, 7) is 0. The van der Waals surface area contributed by atoms with E-state index in [1.807, 2.05) is 0 Å². The SMILES string of the molecule is NCS(=O)(=O)c1cccc(Nc2nccc(Oc3ccc(N(C(=O)C4(C(N)=O)CC4)c4ccc(F)cc4)cc3F)n2)c1. The van der Waals surface area contributed by atoms with Crippen LogP contribution in [-0.2, 0) is 19.4 Å². The standard InChI is InChI=1S/C28H24F2N6O5S/c29-17-4-6-19(7-5-17)36(26(38)28(11-12-28)25(32)37)20-8-9-23(22(30)15-20)41-24-10-13-33-27(35-24)34-18-2-1-3-21(14-18)42(39,40)16-31/h1-10,13-15H,11-12,16,31H2,(H2,32,37)(H,33,34,35). The first-order valence-corrected chi connectivity index (χ1v) is 14.2. The van der Waals surface area contributed by atoms with Gasteiger partial charge in [-0.2, -0.15) is 4.98 Å². The number of benzene rings is 3. The van der Waals surface area contributed by atoms with Gasteiger partial charge in [0.1, 0.15) is 17.1 Å². The molecule has 42 heavy (non-hydrogen) atoms. The third-order valence-corrected chi connectivity index (χ3v) is 8.02. The fourth-order valence-electron chi connectivity index (χ4n) is 4.15. The fraction of sp³-hybridized carbons (Fsp3) is 0.143. The number of ether oxygens (including phenoxy) is 1. The molecule has 0 spiro atoms. The van der Waals surface area contributed by atoms with Gasteiger partial charge < -0.3 is 21.5 Å². The van der Waals surface area contributed by atoms with E-state index in [1.54, 1.807) is 6.07 Å². The Morgan fingerprint density at radius 3 is 2.36 bits per heavy atom. The summed E-state index contributed by atoms with van der Waals surface area (Å²) in [5.41, 5.74) is 10.1. The second-order valence-electron chi connectivity index (χ2n) is 9.43. The third-order valence-electron chi connectivity index (χ3n) is 6.61. The summed E-state index contributed by atoms with van der Waals surface area (Å²) >= 11 is 0. The lowest BCUT2D eigenvalue weighted by Gasteiger charge is -2.26. The number of primary amides is 1. The van der Waals surface area contributed by atoms with Crippen LogP contribution in [0, 0.1) is 17.0 Å². The maximum atomic E-state index is 15.3. The van der Waals surface area contributed by atoms with Gasteiger partial charge in [0.2, 0.25) is 23.6 Å². The van der Waals surface area contributed by atoms with Gasteiger partial charge in [-0.15, -0.1) is 0 Å². The first kappa shape index (κ1) is 28.6. The third kappa shape index (κ3) is 5.75. The Morgan fingerprint density at radius 2 is 1.71 bits per heavy atom. The number of anilines is 4. The summed E-state index contributed by atoms with van der Waals surface area (Å²) < 4.78 is 58.7. The van der Waals surface area contributed by atoms with Crippen molar-refractivity contribution in [3.63, 3.8) is 0 Å². The summed E-state index contributed by atoms with van der Waals surface area (Å²) in [5, 5.41) is 2.86. The highest BCUT2D eigenvalue weighted by atomic mass is 32.2. The normalized spacial score (nSPS) is 13.7. The summed E-state index contributed by atoms with van der Waals surface area (Å²) in [6, 6.07) is 16.0. The van der Waals surface area contributed by atoms with E-state index in [2.05, 4.69) is 15.3 Å². The molecule has 14 heteroatoms. The van der Waals surface area contributed by atoms with Crippen LogP contribution in [0.4, 0.5) is 31.8 Å². The van der Waals surface area contributed by atoms with Crippen molar-refractivity contribution < 1.29 is 31.5 Å². The minimum atomic E-state index is -3.64. The van der Waals surface area contributed by atoms with Gasteiger partial charge in [-0.1, -0.05) is 6.07 Å². The van der Waals surface area contributed by atoms with Crippen LogP contribution in [0.2, 0.25) is 0 Å². The van der Waals surface area contributed by atoms with Gasteiger partial charge in [0.05, 0.1) is 10.6 Å². The molecule has 216 valence electrons. The highest BCUT2D eigenvalue weighted by Crippen LogP contribution is 2.49. The Kier molecular flexibility index (Phi) is 7.58. The molecule has 0 atom stereocenters. The van der Waals surface area contributed by atoms with Crippen molar-refractivity contribution >= 4 is 44.7 Å². The van der Waals surface area contributed by atoms with Crippen molar-refractivity contribution in [3.8, 4) is 11.6 Å². The largest absolute Gasteiger partial charge is 0.436 e. The van der Waals surface area contributed by atoms with E-state index in [-0.39, 0.29) is 46.7 Å². The van der Waals surface area contributed by atoms with E-state index in [9.17, 15) is 22.4 Å². The molecule has 2 amide bonds. The predicted octanol–water partition coefficient (Wildman–Crippen LogP) is 3.91. The van der Waals surface area contributed by atoms with Crippen LogP contribution in [0.1, 0.15) is 12.8 Å². The number of nitrogens with zero attached hydrogens (tertiary/aromatic N) is 3. The summed E-state index contributed by atoms with van der Waals surface area (Å²) in [4.78, 5) is 34.9. The molecule has 0 unspecified atom stereocenters. The van der Waals surface area contributed by atoms with Crippen LogP contribution < -0.4 is 26.4 Å². The highest BCUT2D eigenvalue weighted by Gasteiger charge is 2.57. The van der Waals surface area contributed by atoms with E-state index in [1.165, 1.54) is 54.7 Å². The van der Waals surface area contributed by atoms with Crippen molar-refractivity contribution in [2.75, 3.05) is 16.1 Å². The van der Waals surface area contributed by atoms with Crippen LogP contribution in [0.5, 0.6) is 11.6 Å². The number of carbonyl (C=O) groups excluding carboxylic acids is 2. The van der Waals surface area contributed by atoms with Gasteiger partial charge in [0, 0.05) is 29.7 Å². The maximum absolute atomic E-state index is 15.3. The quantitative estimate of drug-likeness (QED) is 0.230. The Labute approximate surface area is 239 Å². The Hall–Kier alpha value is -4.95. The zero-order valence-electron chi connectivity index (χ0n) is 21.8. The van der Waals surface area contributed by atoms with Gasteiger partial charge in [0.15, 0.2) is 21.4 Å². The highest BCUT2D eigenvalue weighted by molar-refractivity contribution is 7.91. The summed E-state index contributed by atoms with van der Waals surface area (Å²) in [7, 11) is -3.64. The molecule has 1 aromatic heterocycles. The van der Waals surface area contributed by atoms with Crippen LogP contribution in [-0.4, -0.2) is 36.1 Å². The monoisotopic (exact) mass is 594 g/mol. The second-order valence-corrected chi connectivity index (χ2v) is 11.5. The molecule has 0 aliphatic heterocycles. The van der Waals surface area contributed by atoms with Crippen molar-refractivity contribution in [3.05, 3.63) is 90.6 Å².